The summed E-state index contributed by atoms with van der Waals surface area (Å²) >= 11 is 1.66. The third-order valence-electron chi connectivity index (χ3n) is 2.49. The molecular formula is C10H12OS. The highest BCUT2D eigenvalue weighted by atomic mass is 32.1. The second-order valence-electron chi connectivity index (χ2n) is 3.44. The largest absolute Gasteiger partial charge is 0.294 e. The lowest BCUT2D eigenvalue weighted by molar-refractivity contribution is 0.0855. The molecule has 0 spiro atoms. The van der Waals surface area contributed by atoms with Gasteiger partial charge in [-0.05, 0) is 25.8 Å². The normalized spacial score (nSPS) is 17.4. The van der Waals surface area contributed by atoms with Crippen LogP contribution in [0.15, 0.2) is 11.4 Å². The molecule has 64 valence electrons. The van der Waals surface area contributed by atoms with Crippen LogP contribution in [0, 0.1) is 12.8 Å². The van der Waals surface area contributed by atoms with Crippen molar-refractivity contribution in [2.45, 2.75) is 26.2 Å². The van der Waals surface area contributed by atoms with Gasteiger partial charge in [0.25, 0.3) is 0 Å². The average Bonchev–Trinajstić information content (AvgIpc) is 2.31. The van der Waals surface area contributed by atoms with E-state index in [9.17, 15) is 4.79 Å². The fraction of sp³-hybridized carbons (Fsp3) is 0.500. The topological polar surface area (TPSA) is 17.1 Å². The first-order valence-electron chi connectivity index (χ1n) is 4.37. The summed E-state index contributed by atoms with van der Waals surface area (Å²) in [6.07, 6.45) is 3.45. The second kappa shape index (κ2) is 3.02. The highest BCUT2D eigenvalue weighted by molar-refractivity contribution is 7.10. The number of hydrogen-bond acceptors (Lipinski definition) is 2. The molecule has 0 saturated heterocycles. The van der Waals surface area contributed by atoms with Gasteiger partial charge in [0, 0.05) is 21.7 Å². The van der Waals surface area contributed by atoms with Crippen LogP contribution in [0.3, 0.4) is 0 Å². The van der Waals surface area contributed by atoms with E-state index in [-0.39, 0.29) is 0 Å². The lowest BCUT2D eigenvalue weighted by atomic mass is 9.80. The number of hydrogen-bond donors (Lipinski definition) is 0. The van der Waals surface area contributed by atoms with E-state index in [1.807, 2.05) is 18.4 Å². The van der Waals surface area contributed by atoms with Crippen molar-refractivity contribution < 1.29 is 4.79 Å². The van der Waals surface area contributed by atoms with Crippen molar-refractivity contribution >= 4 is 17.1 Å². The maximum atomic E-state index is 11.6. The van der Waals surface area contributed by atoms with Crippen molar-refractivity contribution in [3.8, 4) is 0 Å². The summed E-state index contributed by atoms with van der Waals surface area (Å²) in [5, 5.41) is 1.98. The first-order valence-corrected chi connectivity index (χ1v) is 5.24. The van der Waals surface area contributed by atoms with E-state index < -0.39 is 0 Å². The van der Waals surface area contributed by atoms with Crippen LogP contribution in [-0.2, 0) is 0 Å². The molecule has 1 saturated carbocycles. The Morgan fingerprint density at radius 1 is 1.58 bits per heavy atom. The van der Waals surface area contributed by atoms with E-state index in [0.29, 0.717) is 11.7 Å². The molecule has 0 radical (unpaired) electrons. The van der Waals surface area contributed by atoms with Gasteiger partial charge >= 0.3 is 0 Å². The lowest BCUT2D eigenvalue weighted by Crippen LogP contribution is -2.21. The number of rotatable bonds is 2. The first-order chi connectivity index (χ1) is 5.77. The van der Waals surface area contributed by atoms with Gasteiger partial charge in [-0.25, -0.2) is 0 Å². The Bertz CT molecular complexity index is 297. The van der Waals surface area contributed by atoms with Crippen molar-refractivity contribution in [3.05, 3.63) is 21.9 Å². The van der Waals surface area contributed by atoms with Gasteiger partial charge in [0.15, 0.2) is 5.78 Å². The van der Waals surface area contributed by atoms with Crippen LogP contribution in [0.25, 0.3) is 0 Å². The van der Waals surface area contributed by atoms with Crippen molar-refractivity contribution in [2.75, 3.05) is 0 Å². The minimum absolute atomic E-state index is 0.346. The molecule has 1 aliphatic rings. The molecule has 0 unspecified atom stereocenters. The van der Waals surface area contributed by atoms with Gasteiger partial charge in [-0.1, -0.05) is 6.42 Å². The molecule has 1 heterocycles. The maximum Gasteiger partial charge on any atom is 0.166 e. The zero-order valence-electron chi connectivity index (χ0n) is 7.17. The van der Waals surface area contributed by atoms with Crippen molar-refractivity contribution in [2.24, 2.45) is 5.92 Å². The van der Waals surface area contributed by atoms with Crippen molar-refractivity contribution in [1.29, 1.82) is 0 Å². The summed E-state index contributed by atoms with van der Waals surface area (Å²) in [7, 11) is 0. The average molecular weight is 180 g/mol. The Labute approximate surface area is 76.4 Å². The first kappa shape index (κ1) is 7.99. The standard InChI is InChI=1S/C10H12OS/c1-7-5-9(6-12-7)10(11)8-3-2-4-8/h5-6,8H,2-4H2,1H3. The highest BCUT2D eigenvalue weighted by Gasteiger charge is 2.26. The molecule has 0 N–H and O–H groups in total. The molecule has 0 amide bonds. The summed E-state index contributed by atoms with van der Waals surface area (Å²) in [6.45, 7) is 2.04. The molecule has 1 aliphatic carbocycles. The third kappa shape index (κ3) is 1.31. The lowest BCUT2D eigenvalue weighted by Gasteiger charge is -2.23. The zero-order valence-corrected chi connectivity index (χ0v) is 7.99. The maximum absolute atomic E-state index is 11.6. The fourth-order valence-electron chi connectivity index (χ4n) is 1.48. The molecule has 2 heteroatoms. The van der Waals surface area contributed by atoms with Crippen LogP contribution in [-0.4, -0.2) is 5.78 Å². The summed E-state index contributed by atoms with van der Waals surface area (Å²) in [6, 6.07) is 2.01. The van der Waals surface area contributed by atoms with Gasteiger partial charge < -0.3 is 0 Å². The minimum atomic E-state index is 0.346. The summed E-state index contributed by atoms with van der Waals surface area (Å²) < 4.78 is 0. The van der Waals surface area contributed by atoms with Gasteiger partial charge in [0.05, 0.1) is 0 Å². The van der Waals surface area contributed by atoms with Gasteiger partial charge in [0.1, 0.15) is 0 Å². The Hall–Kier alpha value is -0.630. The molecule has 0 aromatic carbocycles. The summed E-state index contributed by atoms with van der Waals surface area (Å²) in [5.41, 5.74) is 0.933. The molecule has 1 aromatic heterocycles. The van der Waals surface area contributed by atoms with Crippen LogP contribution >= 0.6 is 11.3 Å². The van der Waals surface area contributed by atoms with Gasteiger partial charge in [-0.15, -0.1) is 11.3 Å². The minimum Gasteiger partial charge on any atom is -0.294 e. The Balaban J connectivity index is 2.13. The number of carbonyl (C=O) groups is 1. The molecule has 12 heavy (non-hydrogen) atoms. The predicted octanol–water partition coefficient (Wildman–Crippen LogP) is 3.04. The SMILES string of the molecule is Cc1cc(C(=O)C2CCC2)cs1. The molecule has 0 atom stereocenters. The Morgan fingerprint density at radius 2 is 2.33 bits per heavy atom. The van der Waals surface area contributed by atoms with E-state index in [1.54, 1.807) is 11.3 Å². The fourth-order valence-corrected chi connectivity index (χ4v) is 2.17. The number of Topliss-reactive ketones (excluding diaryl/α,β-unsaturated/α-hetero) is 1. The van der Waals surface area contributed by atoms with E-state index in [4.69, 9.17) is 0 Å². The third-order valence-corrected chi connectivity index (χ3v) is 3.35. The second-order valence-corrected chi connectivity index (χ2v) is 4.55. The monoisotopic (exact) mass is 180 g/mol. The van der Waals surface area contributed by atoms with Crippen molar-refractivity contribution in [3.63, 3.8) is 0 Å². The number of carbonyl (C=O) groups excluding carboxylic acids is 1. The van der Waals surface area contributed by atoms with Crippen molar-refractivity contribution in [1.82, 2.24) is 0 Å². The Morgan fingerprint density at radius 3 is 2.75 bits per heavy atom. The quantitative estimate of drug-likeness (QED) is 0.639. The molecule has 0 aliphatic heterocycles. The number of thiophene rings is 1. The molecule has 1 aromatic rings. The molecule has 0 bridgehead atoms. The van der Waals surface area contributed by atoms with Crippen LogP contribution in [0.5, 0.6) is 0 Å². The zero-order chi connectivity index (χ0) is 8.55. The van der Waals surface area contributed by atoms with Crippen LogP contribution in [0.2, 0.25) is 0 Å². The number of ketones is 1. The molecular weight excluding hydrogens is 168 g/mol. The van der Waals surface area contributed by atoms with Crippen LogP contribution in [0.1, 0.15) is 34.5 Å². The predicted molar refractivity (Wildman–Crippen MR) is 50.7 cm³/mol. The van der Waals surface area contributed by atoms with Gasteiger partial charge in [-0.2, -0.15) is 0 Å². The molecule has 2 rings (SSSR count). The van der Waals surface area contributed by atoms with Crippen LogP contribution in [0.4, 0.5) is 0 Å². The molecule has 1 fully saturated rings. The summed E-state index contributed by atoms with van der Waals surface area (Å²) in [4.78, 5) is 12.9. The smallest absolute Gasteiger partial charge is 0.166 e. The van der Waals surface area contributed by atoms with Gasteiger partial charge in [-0.3, -0.25) is 4.79 Å². The Kier molecular flexibility index (Phi) is 2.01. The highest BCUT2D eigenvalue weighted by Crippen LogP contribution is 2.30. The van der Waals surface area contributed by atoms with E-state index in [1.165, 1.54) is 11.3 Å². The van der Waals surface area contributed by atoms with E-state index in [2.05, 4.69) is 0 Å². The van der Waals surface area contributed by atoms with Crippen LogP contribution < -0.4 is 0 Å². The van der Waals surface area contributed by atoms with E-state index in [0.717, 1.165) is 18.4 Å². The molecule has 1 nitrogen and oxygen atoms in total. The summed E-state index contributed by atoms with van der Waals surface area (Å²) in [5.74, 6) is 0.713. The number of aryl methyl sites for hydroxylation is 1. The van der Waals surface area contributed by atoms with E-state index >= 15 is 0 Å². The van der Waals surface area contributed by atoms with Gasteiger partial charge in [0.2, 0.25) is 0 Å².